The van der Waals surface area contributed by atoms with E-state index in [1.165, 1.54) is 12.1 Å². The van der Waals surface area contributed by atoms with Crippen molar-refractivity contribution >= 4 is 38.3 Å². The number of primary sulfonamides is 1. The molecule has 5 nitrogen and oxygen atoms in total. The molecule has 102 valence electrons. The van der Waals surface area contributed by atoms with Crippen LogP contribution in [-0.2, 0) is 16.6 Å². The van der Waals surface area contributed by atoms with Crippen molar-refractivity contribution in [2.24, 2.45) is 5.14 Å². The lowest BCUT2D eigenvalue weighted by Gasteiger charge is -2.09. The highest BCUT2D eigenvalue weighted by Gasteiger charge is 2.10. The Hall–Kier alpha value is -1.06. The molecule has 3 N–H and O–H groups in total. The maximum atomic E-state index is 11.3. The molecule has 0 aliphatic heterocycles. The van der Waals surface area contributed by atoms with Crippen molar-refractivity contribution in [3.63, 3.8) is 0 Å². The monoisotopic (exact) mass is 392 g/mol. The van der Waals surface area contributed by atoms with E-state index in [0.29, 0.717) is 6.54 Å². The number of hydrogen-bond acceptors (Lipinski definition) is 4. The Morgan fingerprint density at radius 3 is 2.63 bits per heavy atom. The number of nitrogens with one attached hydrogen (secondary N) is 1. The van der Waals surface area contributed by atoms with Crippen molar-refractivity contribution in [3.05, 3.63) is 45.4 Å². The summed E-state index contributed by atoms with van der Waals surface area (Å²) in [4.78, 5) is 0.0922. The Morgan fingerprint density at radius 1 is 1.32 bits per heavy atom. The van der Waals surface area contributed by atoms with Gasteiger partial charge in [0.2, 0.25) is 10.0 Å². The van der Waals surface area contributed by atoms with Gasteiger partial charge in [-0.15, -0.1) is 0 Å². The second-order valence-corrected chi connectivity index (χ2v) is 6.71. The number of furan rings is 1. The summed E-state index contributed by atoms with van der Waals surface area (Å²) in [5, 5.41) is 8.25. The lowest BCUT2D eigenvalue weighted by Crippen LogP contribution is -2.12. The predicted molar refractivity (Wildman–Crippen MR) is 81.3 cm³/mol. The zero-order valence-electron chi connectivity index (χ0n) is 10.2. The van der Waals surface area contributed by atoms with Crippen molar-refractivity contribution in [1.82, 2.24) is 0 Å². The lowest BCUT2D eigenvalue weighted by atomic mass is 10.2. The van der Waals surface area contributed by atoms with Gasteiger partial charge in [-0.2, -0.15) is 0 Å². The fraction of sp³-hybridized carbons (Fsp3) is 0.167. The number of aryl methyl sites for hydroxylation is 1. The minimum Gasteiger partial charge on any atom is -0.454 e. The van der Waals surface area contributed by atoms with Gasteiger partial charge in [0, 0.05) is 5.69 Å². The predicted octanol–water partition coefficient (Wildman–Crippen LogP) is 2.45. The average Bonchev–Trinajstić information content (AvgIpc) is 2.72. The maximum absolute atomic E-state index is 11.3. The number of nitrogens with two attached hydrogens (primary N) is 1. The molecular formula is C12H13IN2O3S. The molecule has 19 heavy (non-hydrogen) atoms. The summed E-state index contributed by atoms with van der Waals surface area (Å²) in [6.07, 6.45) is 0. The SMILES string of the molecule is Cc1ccc(S(N)(=O)=O)cc1NCc1ccc(I)o1. The molecule has 2 rings (SSSR count). The van der Waals surface area contributed by atoms with Crippen LogP contribution in [0.25, 0.3) is 0 Å². The smallest absolute Gasteiger partial charge is 0.238 e. The Labute approximate surface area is 125 Å². The van der Waals surface area contributed by atoms with Crippen molar-refractivity contribution in [2.75, 3.05) is 5.32 Å². The third-order valence-electron chi connectivity index (χ3n) is 2.62. The number of benzene rings is 1. The van der Waals surface area contributed by atoms with Crippen molar-refractivity contribution in [1.29, 1.82) is 0 Å². The maximum Gasteiger partial charge on any atom is 0.238 e. The summed E-state index contributed by atoms with van der Waals surface area (Å²) >= 11 is 2.09. The van der Waals surface area contributed by atoms with Crippen LogP contribution < -0.4 is 10.5 Å². The van der Waals surface area contributed by atoms with E-state index in [4.69, 9.17) is 9.56 Å². The van der Waals surface area contributed by atoms with E-state index >= 15 is 0 Å². The van der Waals surface area contributed by atoms with Crippen molar-refractivity contribution in [3.8, 4) is 0 Å². The molecule has 1 heterocycles. The average molecular weight is 392 g/mol. The largest absolute Gasteiger partial charge is 0.454 e. The van der Waals surface area contributed by atoms with E-state index in [0.717, 1.165) is 20.8 Å². The summed E-state index contributed by atoms with van der Waals surface area (Å²) < 4.78 is 28.8. The van der Waals surface area contributed by atoms with Gasteiger partial charge in [-0.25, -0.2) is 13.6 Å². The molecule has 1 aromatic carbocycles. The summed E-state index contributed by atoms with van der Waals surface area (Å²) in [5.74, 6) is 0.782. The highest BCUT2D eigenvalue weighted by atomic mass is 127. The van der Waals surface area contributed by atoms with Gasteiger partial charge < -0.3 is 9.73 Å². The van der Waals surface area contributed by atoms with Crippen LogP contribution in [-0.4, -0.2) is 8.42 Å². The van der Waals surface area contributed by atoms with Gasteiger partial charge in [0.15, 0.2) is 3.77 Å². The number of halogens is 1. The van der Waals surface area contributed by atoms with Crippen LogP contribution in [0.1, 0.15) is 11.3 Å². The first-order chi connectivity index (χ1) is 8.86. The molecule has 0 aliphatic carbocycles. The normalized spacial score (nSPS) is 11.5. The van der Waals surface area contributed by atoms with Gasteiger partial charge >= 0.3 is 0 Å². The Balaban J connectivity index is 2.20. The van der Waals surface area contributed by atoms with Crippen LogP contribution in [0.3, 0.4) is 0 Å². The quantitative estimate of drug-likeness (QED) is 0.783. The van der Waals surface area contributed by atoms with Crippen LogP contribution in [0.2, 0.25) is 0 Å². The molecular weight excluding hydrogens is 379 g/mol. The summed E-state index contributed by atoms with van der Waals surface area (Å²) in [7, 11) is -3.69. The topological polar surface area (TPSA) is 85.3 Å². The second-order valence-electron chi connectivity index (χ2n) is 4.08. The molecule has 0 spiro atoms. The minimum absolute atomic E-state index is 0.0922. The van der Waals surface area contributed by atoms with Crippen LogP contribution in [0.15, 0.2) is 39.6 Å². The molecule has 0 unspecified atom stereocenters. The highest BCUT2D eigenvalue weighted by molar-refractivity contribution is 14.1. The Bertz CT molecular complexity index is 695. The third-order valence-corrected chi connectivity index (χ3v) is 4.11. The molecule has 0 atom stereocenters. The molecule has 0 aliphatic rings. The Kier molecular flexibility index (Phi) is 4.16. The summed E-state index contributed by atoms with van der Waals surface area (Å²) in [5.41, 5.74) is 1.66. The van der Waals surface area contributed by atoms with Gasteiger partial charge in [0.25, 0.3) is 0 Å². The van der Waals surface area contributed by atoms with Gasteiger partial charge in [-0.3, -0.25) is 0 Å². The van der Waals surface area contributed by atoms with E-state index in [9.17, 15) is 8.42 Å². The molecule has 0 fully saturated rings. The fourth-order valence-electron chi connectivity index (χ4n) is 1.60. The molecule has 0 saturated heterocycles. The van der Waals surface area contributed by atoms with E-state index < -0.39 is 10.0 Å². The molecule has 1 aromatic heterocycles. The highest BCUT2D eigenvalue weighted by Crippen LogP contribution is 2.20. The van der Waals surface area contributed by atoms with Crippen molar-refractivity contribution < 1.29 is 12.8 Å². The number of anilines is 1. The molecule has 0 amide bonds. The van der Waals surface area contributed by atoms with E-state index in [1.54, 1.807) is 6.07 Å². The number of sulfonamides is 1. The van der Waals surface area contributed by atoms with Gasteiger partial charge in [0.1, 0.15) is 5.76 Å². The molecule has 0 saturated carbocycles. The zero-order chi connectivity index (χ0) is 14.0. The summed E-state index contributed by atoms with van der Waals surface area (Å²) in [6, 6.07) is 8.47. The zero-order valence-corrected chi connectivity index (χ0v) is 13.2. The fourth-order valence-corrected chi connectivity index (χ4v) is 2.60. The number of hydrogen-bond donors (Lipinski definition) is 2. The lowest BCUT2D eigenvalue weighted by molar-refractivity contribution is 0.493. The summed E-state index contributed by atoms with van der Waals surface area (Å²) in [6.45, 7) is 2.37. The van der Waals surface area contributed by atoms with E-state index in [1.807, 2.05) is 19.1 Å². The first kappa shape index (κ1) is 14.4. The van der Waals surface area contributed by atoms with Gasteiger partial charge in [-0.1, -0.05) is 6.07 Å². The van der Waals surface area contributed by atoms with E-state index in [-0.39, 0.29) is 4.90 Å². The van der Waals surface area contributed by atoms with Crippen LogP contribution in [0.5, 0.6) is 0 Å². The van der Waals surface area contributed by atoms with Gasteiger partial charge in [0.05, 0.1) is 11.4 Å². The molecule has 0 radical (unpaired) electrons. The van der Waals surface area contributed by atoms with Crippen molar-refractivity contribution in [2.45, 2.75) is 18.4 Å². The molecule has 2 aromatic rings. The third kappa shape index (κ3) is 3.71. The standard InChI is InChI=1S/C12H13IN2O3S/c1-8-2-4-10(19(14,16)17)6-11(8)15-7-9-3-5-12(13)18-9/h2-6,15H,7H2,1H3,(H2,14,16,17). The minimum atomic E-state index is -3.69. The number of rotatable bonds is 4. The van der Waals surface area contributed by atoms with Crippen LogP contribution in [0, 0.1) is 10.7 Å². The molecule has 0 bridgehead atoms. The first-order valence-corrected chi connectivity index (χ1v) is 8.10. The second kappa shape index (κ2) is 5.51. The Morgan fingerprint density at radius 2 is 2.05 bits per heavy atom. The van der Waals surface area contributed by atoms with Crippen LogP contribution in [0.4, 0.5) is 5.69 Å². The van der Waals surface area contributed by atoms with Crippen LogP contribution >= 0.6 is 22.6 Å². The van der Waals surface area contributed by atoms with E-state index in [2.05, 4.69) is 27.9 Å². The van der Waals surface area contributed by atoms with Gasteiger partial charge in [-0.05, 0) is 59.3 Å². The molecule has 7 heteroatoms. The first-order valence-electron chi connectivity index (χ1n) is 5.48.